The zero-order chi connectivity index (χ0) is 12.7. The van der Waals surface area contributed by atoms with Crippen LogP contribution in [0, 0.1) is 0 Å². The van der Waals surface area contributed by atoms with Gasteiger partial charge in [-0.3, -0.25) is 4.79 Å². The third kappa shape index (κ3) is 5.00. The van der Waals surface area contributed by atoms with Gasteiger partial charge in [-0.1, -0.05) is 44.2 Å². The van der Waals surface area contributed by atoms with Crippen molar-refractivity contribution in [1.82, 2.24) is 5.32 Å². The van der Waals surface area contributed by atoms with Crippen molar-refractivity contribution >= 4 is 5.91 Å². The first kappa shape index (κ1) is 13.7. The molecule has 1 aromatic rings. The van der Waals surface area contributed by atoms with Crippen LogP contribution in [-0.4, -0.2) is 18.5 Å². The largest absolute Gasteiger partial charge is 0.370 e. The minimum atomic E-state index is -0.240. The molecule has 1 aromatic carbocycles. The van der Waals surface area contributed by atoms with Crippen LogP contribution in [0.25, 0.3) is 0 Å². The number of hydrogen-bond donors (Lipinski definition) is 2. The van der Waals surface area contributed by atoms with Crippen LogP contribution in [-0.2, 0) is 4.79 Å². The molecule has 2 unspecified atom stereocenters. The number of primary amides is 1. The highest BCUT2D eigenvalue weighted by atomic mass is 16.1. The Labute approximate surface area is 103 Å². The minimum Gasteiger partial charge on any atom is -0.370 e. The fraction of sp³-hybridized carbons (Fsp3) is 0.500. The van der Waals surface area contributed by atoms with E-state index in [4.69, 9.17) is 5.73 Å². The molecule has 3 heteroatoms. The Kier molecular flexibility index (Phi) is 5.70. The second-order valence-electron chi connectivity index (χ2n) is 4.47. The maximum absolute atomic E-state index is 11.0. The van der Waals surface area contributed by atoms with Gasteiger partial charge < -0.3 is 11.1 Å². The van der Waals surface area contributed by atoms with E-state index in [9.17, 15) is 4.79 Å². The monoisotopic (exact) mass is 234 g/mol. The van der Waals surface area contributed by atoms with Crippen molar-refractivity contribution in [2.75, 3.05) is 6.54 Å². The van der Waals surface area contributed by atoms with Crippen molar-refractivity contribution in [2.24, 2.45) is 5.73 Å². The van der Waals surface area contributed by atoms with Gasteiger partial charge in [0.15, 0.2) is 0 Å². The molecule has 0 aliphatic heterocycles. The van der Waals surface area contributed by atoms with E-state index in [1.165, 1.54) is 5.56 Å². The van der Waals surface area contributed by atoms with Crippen LogP contribution in [0.4, 0.5) is 0 Å². The lowest BCUT2D eigenvalue weighted by atomic mass is 9.92. The van der Waals surface area contributed by atoms with Gasteiger partial charge in [0.2, 0.25) is 5.91 Å². The van der Waals surface area contributed by atoms with Crippen molar-refractivity contribution in [3.63, 3.8) is 0 Å². The van der Waals surface area contributed by atoms with Crippen molar-refractivity contribution in [1.29, 1.82) is 0 Å². The number of amides is 1. The molecule has 0 spiro atoms. The lowest BCUT2D eigenvalue weighted by molar-refractivity contribution is -0.118. The number of hydrogen-bond acceptors (Lipinski definition) is 2. The maximum Gasteiger partial charge on any atom is 0.218 e. The lowest BCUT2D eigenvalue weighted by Crippen LogP contribution is -2.34. The van der Waals surface area contributed by atoms with Gasteiger partial charge in [-0.05, 0) is 24.4 Å². The van der Waals surface area contributed by atoms with Crippen molar-refractivity contribution in [3.8, 4) is 0 Å². The molecule has 0 aliphatic carbocycles. The number of carbonyl (C=O) groups excluding carboxylic acids is 1. The van der Waals surface area contributed by atoms with Gasteiger partial charge in [0.05, 0.1) is 0 Å². The van der Waals surface area contributed by atoms with Crippen LogP contribution in [0.2, 0.25) is 0 Å². The van der Waals surface area contributed by atoms with Crippen LogP contribution >= 0.6 is 0 Å². The molecule has 0 saturated carbocycles. The zero-order valence-corrected chi connectivity index (χ0v) is 10.6. The molecule has 94 valence electrons. The number of nitrogens with two attached hydrogens (primary N) is 1. The van der Waals surface area contributed by atoms with E-state index in [2.05, 4.69) is 24.4 Å². The van der Waals surface area contributed by atoms with E-state index in [1.54, 1.807) is 0 Å². The van der Waals surface area contributed by atoms with E-state index in [0.29, 0.717) is 12.3 Å². The third-order valence-corrected chi connectivity index (χ3v) is 2.95. The molecule has 0 aromatic heterocycles. The van der Waals surface area contributed by atoms with Crippen LogP contribution in [0.5, 0.6) is 0 Å². The molecule has 3 nitrogen and oxygen atoms in total. The predicted molar refractivity (Wildman–Crippen MR) is 70.8 cm³/mol. The normalized spacial score (nSPS) is 14.2. The molecular formula is C14H22N2O. The lowest BCUT2D eigenvalue weighted by Gasteiger charge is -2.21. The van der Waals surface area contributed by atoms with Gasteiger partial charge in [-0.15, -0.1) is 0 Å². The molecule has 1 amide bonds. The SMILES string of the molecule is CCNC(CC(N)=O)CC(C)c1ccccc1. The molecule has 2 atom stereocenters. The van der Waals surface area contributed by atoms with Crippen LogP contribution < -0.4 is 11.1 Å². The Morgan fingerprint density at radius 1 is 1.35 bits per heavy atom. The smallest absolute Gasteiger partial charge is 0.218 e. The molecule has 0 saturated heterocycles. The maximum atomic E-state index is 11.0. The molecular weight excluding hydrogens is 212 g/mol. The third-order valence-electron chi connectivity index (χ3n) is 2.95. The first-order valence-electron chi connectivity index (χ1n) is 6.20. The summed E-state index contributed by atoms with van der Waals surface area (Å²) in [5, 5.41) is 3.31. The molecule has 1 rings (SSSR count). The Morgan fingerprint density at radius 2 is 2.00 bits per heavy atom. The predicted octanol–water partition coefficient (Wildman–Crippen LogP) is 2.03. The summed E-state index contributed by atoms with van der Waals surface area (Å²) in [6, 6.07) is 10.5. The number of rotatable bonds is 7. The van der Waals surface area contributed by atoms with Gasteiger partial charge in [-0.2, -0.15) is 0 Å². The minimum absolute atomic E-state index is 0.174. The van der Waals surface area contributed by atoms with E-state index in [0.717, 1.165) is 13.0 Å². The summed E-state index contributed by atoms with van der Waals surface area (Å²) in [5.74, 6) is 0.191. The number of nitrogens with one attached hydrogen (secondary N) is 1. The Balaban J connectivity index is 2.57. The summed E-state index contributed by atoms with van der Waals surface area (Å²) >= 11 is 0. The fourth-order valence-corrected chi connectivity index (χ4v) is 2.11. The van der Waals surface area contributed by atoms with E-state index >= 15 is 0 Å². The molecule has 3 N–H and O–H groups in total. The summed E-state index contributed by atoms with van der Waals surface area (Å²) < 4.78 is 0. The molecule has 0 radical (unpaired) electrons. The summed E-state index contributed by atoms with van der Waals surface area (Å²) in [6.07, 6.45) is 1.34. The molecule has 17 heavy (non-hydrogen) atoms. The summed E-state index contributed by atoms with van der Waals surface area (Å²) in [7, 11) is 0. The first-order chi connectivity index (χ1) is 8.13. The van der Waals surface area contributed by atoms with Crippen molar-refractivity contribution < 1.29 is 4.79 Å². The Hall–Kier alpha value is -1.35. The zero-order valence-electron chi connectivity index (χ0n) is 10.6. The van der Waals surface area contributed by atoms with E-state index in [1.807, 2.05) is 25.1 Å². The van der Waals surface area contributed by atoms with Gasteiger partial charge in [0.1, 0.15) is 0 Å². The Morgan fingerprint density at radius 3 is 2.53 bits per heavy atom. The highest BCUT2D eigenvalue weighted by molar-refractivity contribution is 5.74. The van der Waals surface area contributed by atoms with Crippen molar-refractivity contribution in [3.05, 3.63) is 35.9 Å². The van der Waals surface area contributed by atoms with E-state index in [-0.39, 0.29) is 11.9 Å². The topological polar surface area (TPSA) is 55.1 Å². The Bertz CT molecular complexity index is 337. The van der Waals surface area contributed by atoms with Gasteiger partial charge in [-0.25, -0.2) is 0 Å². The fourth-order valence-electron chi connectivity index (χ4n) is 2.11. The van der Waals surface area contributed by atoms with Crippen molar-refractivity contribution in [2.45, 2.75) is 38.6 Å². The van der Waals surface area contributed by atoms with E-state index < -0.39 is 0 Å². The van der Waals surface area contributed by atoms with Gasteiger partial charge >= 0.3 is 0 Å². The quantitative estimate of drug-likeness (QED) is 0.758. The van der Waals surface area contributed by atoms with Crippen LogP contribution in [0.1, 0.15) is 38.2 Å². The molecule has 0 fully saturated rings. The summed E-state index contributed by atoms with van der Waals surface area (Å²) in [5.41, 5.74) is 6.56. The average Bonchev–Trinajstić information content (AvgIpc) is 2.29. The number of benzene rings is 1. The van der Waals surface area contributed by atoms with Gasteiger partial charge in [0.25, 0.3) is 0 Å². The molecule has 0 bridgehead atoms. The number of carbonyl (C=O) groups is 1. The second kappa shape index (κ2) is 7.07. The average molecular weight is 234 g/mol. The highest BCUT2D eigenvalue weighted by Gasteiger charge is 2.15. The van der Waals surface area contributed by atoms with Crippen LogP contribution in [0.15, 0.2) is 30.3 Å². The van der Waals surface area contributed by atoms with Gasteiger partial charge in [0, 0.05) is 12.5 Å². The summed E-state index contributed by atoms with van der Waals surface area (Å²) in [4.78, 5) is 11.0. The second-order valence-corrected chi connectivity index (χ2v) is 4.47. The highest BCUT2D eigenvalue weighted by Crippen LogP contribution is 2.21. The molecule has 0 aliphatic rings. The van der Waals surface area contributed by atoms with Crippen LogP contribution in [0.3, 0.4) is 0 Å². The standard InChI is InChI=1S/C14H22N2O/c1-3-16-13(10-14(15)17)9-11(2)12-7-5-4-6-8-12/h4-8,11,13,16H,3,9-10H2,1-2H3,(H2,15,17). The molecule has 0 heterocycles. The summed E-state index contributed by atoms with van der Waals surface area (Å²) in [6.45, 7) is 5.08. The first-order valence-corrected chi connectivity index (χ1v) is 6.20.